The number of hydrogen-bond acceptors (Lipinski definition) is 7. The molecule has 3 N–H and O–H groups in total. The number of aromatic nitrogens is 3. The van der Waals surface area contributed by atoms with Crippen LogP contribution in [-0.2, 0) is 16.6 Å². The normalized spacial score (nSPS) is 20.3. The molecule has 0 saturated heterocycles. The molecule has 170 valence electrons. The van der Waals surface area contributed by atoms with Gasteiger partial charge in [-0.2, -0.15) is 0 Å². The highest BCUT2D eigenvalue weighted by Crippen LogP contribution is 2.39. The van der Waals surface area contributed by atoms with Crippen molar-refractivity contribution in [1.82, 2.24) is 14.3 Å². The first-order valence-corrected chi connectivity index (χ1v) is 11.5. The van der Waals surface area contributed by atoms with Crippen molar-refractivity contribution in [2.24, 2.45) is 7.05 Å². The minimum absolute atomic E-state index is 0.0268. The lowest BCUT2D eigenvalue weighted by molar-refractivity contribution is -0.114. The number of amides is 1. The third kappa shape index (κ3) is 3.98. The van der Waals surface area contributed by atoms with Crippen LogP contribution in [0.1, 0.15) is 43.1 Å². The van der Waals surface area contributed by atoms with Crippen molar-refractivity contribution in [2.75, 3.05) is 24.3 Å². The summed E-state index contributed by atoms with van der Waals surface area (Å²) in [5, 5.41) is 17.0. The van der Waals surface area contributed by atoms with Gasteiger partial charge in [0.1, 0.15) is 11.4 Å². The summed E-state index contributed by atoms with van der Waals surface area (Å²) in [6.45, 7) is 1.83. The topological polar surface area (TPSA) is 114 Å². The largest absolute Gasteiger partial charge is 0.494 e. The molecule has 0 fully saturated rings. The summed E-state index contributed by atoms with van der Waals surface area (Å²) in [4.78, 5) is 29.5. The van der Waals surface area contributed by atoms with Gasteiger partial charge in [-0.15, -0.1) is 11.3 Å². The van der Waals surface area contributed by atoms with E-state index in [9.17, 15) is 9.59 Å². The van der Waals surface area contributed by atoms with Crippen molar-refractivity contribution in [1.29, 1.82) is 5.41 Å². The van der Waals surface area contributed by atoms with Gasteiger partial charge in [-0.25, -0.2) is 4.98 Å². The predicted molar refractivity (Wildman–Crippen MR) is 126 cm³/mol. The van der Waals surface area contributed by atoms with Crippen LogP contribution in [0, 0.1) is 5.41 Å². The van der Waals surface area contributed by atoms with Gasteiger partial charge in [0, 0.05) is 24.8 Å². The Morgan fingerprint density at radius 2 is 2.16 bits per heavy atom. The summed E-state index contributed by atoms with van der Waals surface area (Å²) in [6.07, 6.45) is 2.89. The molecule has 2 aromatic rings. The second kappa shape index (κ2) is 8.76. The summed E-state index contributed by atoms with van der Waals surface area (Å²) in [5.41, 5.74) is 1.67. The molecule has 0 aromatic carbocycles. The number of nitrogens with one attached hydrogen (secondary N) is 3. The first-order valence-electron chi connectivity index (χ1n) is 9.90. The Morgan fingerprint density at radius 3 is 2.84 bits per heavy atom. The van der Waals surface area contributed by atoms with Crippen molar-refractivity contribution in [2.45, 2.75) is 31.7 Å². The van der Waals surface area contributed by atoms with E-state index in [2.05, 4.69) is 15.6 Å². The monoisotopic (exact) mass is 496 g/mol. The van der Waals surface area contributed by atoms with Crippen LogP contribution in [0.4, 0.5) is 10.8 Å². The Balaban J connectivity index is 1.41. The fraction of sp³-hybridized carbons (Fsp3) is 0.400. The number of thiazole rings is 1. The number of nitrogens with zero attached hydrogens (tertiary/aromatic N) is 3. The molecule has 2 unspecified atom stereocenters. The highest BCUT2D eigenvalue weighted by atomic mass is 35.5. The van der Waals surface area contributed by atoms with Crippen LogP contribution in [0.25, 0.3) is 0 Å². The van der Waals surface area contributed by atoms with E-state index in [0.29, 0.717) is 45.2 Å². The summed E-state index contributed by atoms with van der Waals surface area (Å²) in [7, 11) is 3.17. The Labute approximate surface area is 198 Å². The standard InChI is InChI=1S/C20H22Cl2N6O3S/c1-9-4-13(23)17-16(19(30)27(2)28(9)17)24-7-15(29)26-20-25-14(8-32-20)10-5-11(21)18(31-3)12(22)6-10/h5,8-10,23-24H,4,6-7H2,1-3H3,(H,25,26,29). The van der Waals surface area contributed by atoms with E-state index >= 15 is 0 Å². The summed E-state index contributed by atoms with van der Waals surface area (Å²) in [6, 6.07) is 0.0268. The highest BCUT2D eigenvalue weighted by molar-refractivity contribution is 7.13. The second-order valence-electron chi connectivity index (χ2n) is 7.67. The molecule has 2 atom stereocenters. The molecule has 0 spiro atoms. The maximum Gasteiger partial charge on any atom is 0.290 e. The summed E-state index contributed by atoms with van der Waals surface area (Å²) < 4.78 is 8.46. The maximum absolute atomic E-state index is 12.5. The lowest BCUT2D eigenvalue weighted by Gasteiger charge is -2.19. The van der Waals surface area contributed by atoms with Crippen LogP contribution in [0.2, 0.25) is 0 Å². The Morgan fingerprint density at radius 1 is 1.41 bits per heavy atom. The lowest BCUT2D eigenvalue weighted by Crippen LogP contribution is -2.26. The smallest absolute Gasteiger partial charge is 0.290 e. The maximum atomic E-state index is 12.5. The first-order chi connectivity index (χ1) is 15.2. The van der Waals surface area contributed by atoms with Crippen molar-refractivity contribution in [3.63, 3.8) is 0 Å². The lowest BCUT2D eigenvalue weighted by atomic mass is 9.97. The van der Waals surface area contributed by atoms with E-state index in [1.165, 1.54) is 23.1 Å². The molecule has 32 heavy (non-hydrogen) atoms. The minimum atomic E-state index is -0.345. The number of ether oxygens (including phenoxy) is 1. The van der Waals surface area contributed by atoms with Crippen LogP contribution in [0.3, 0.4) is 0 Å². The molecule has 2 aliphatic rings. The number of hydrogen-bond donors (Lipinski definition) is 3. The van der Waals surface area contributed by atoms with Crippen molar-refractivity contribution in [3.8, 4) is 0 Å². The Bertz CT molecular complexity index is 1220. The molecule has 12 heteroatoms. The predicted octanol–water partition coefficient (Wildman–Crippen LogP) is 3.73. The van der Waals surface area contributed by atoms with E-state index in [-0.39, 0.29) is 35.7 Å². The minimum Gasteiger partial charge on any atom is -0.494 e. The SMILES string of the molecule is COC1=C(Cl)CC(c2csc(NC(=O)CNc3c4n(n(C)c3=O)C(C)CC4=N)n2)C=C1Cl. The molecule has 3 heterocycles. The van der Waals surface area contributed by atoms with Gasteiger partial charge in [0.05, 0.1) is 41.2 Å². The van der Waals surface area contributed by atoms with Crippen LogP contribution in [0.5, 0.6) is 0 Å². The van der Waals surface area contributed by atoms with Gasteiger partial charge in [-0.3, -0.25) is 19.0 Å². The van der Waals surface area contributed by atoms with Crippen LogP contribution in [-0.4, -0.2) is 39.6 Å². The molecule has 1 aliphatic heterocycles. The molecule has 0 bridgehead atoms. The quantitative estimate of drug-likeness (QED) is 0.563. The molecule has 0 saturated carbocycles. The van der Waals surface area contributed by atoms with E-state index in [1.807, 2.05) is 18.4 Å². The fourth-order valence-electron chi connectivity index (χ4n) is 4.04. The average Bonchev–Trinajstić information content (AvgIpc) is 3.38. The fourth-order valence-corrected chi connectivity index (χ4v) is 5.57. The number of anilines is 2. The summed E-state index contributed by atoms with van der Waals surface area (Å²) >= 11 is 13.8. The molecular formula is C20H22Cl2N6O3S. The number of halogens is 2. The van der Waals surface area contributed by atoms with Crippen LogP contribution >= 0.6 is 34.5 Å². The van der Waals surface area contributed by atoms with Crippen LogP contribution < -0.4 is 16.2 Å². The second-order valence-corrected chi connectivity index (χ2v) is 9.39. The third-order valence-electron chi connectivity index (χ3n) is 5.49. The summed E-state index contributed by atoms with van der Waals surface area (Å²) in [5.74, 6) is 0.00127. The van der Waals surface area contributed by atoms with Gasteiger partial charge in [0.25, 0.3) is 5.56 Å². The number of carbonyl (C=O) groups is 1. The van der Waals surface area contributed by atoms with Crippen molar-refractivity contribution in [3.05, 3.63) is 49.0 Å². The van der Waals surface area contributed by atoms with Gasteiger partial charge in [-0.1, -0.05) is 29.3 Å². The molecule has 0 radical (unpaired) electrons. The van der Waals surface area contributed by atoms with E-state index in [0.717, 1.165) is 5.69 Å². The third-order valence-corrected chi connectivity index (χ3v) is 6.89. The van der Waals surface area contributed by atoms with Gasteiger partial charge in [0.15, 0.2) is 10.9 Å². The zero-order valence-electron chi connectivity index (χ0n) is 17.7. The molecule has 1 aliphatic carbocycles. The highest BCUT2D eigenvalue weighted by Gasteiger charge is 2.31. The number of rotatable bonds is 6. The van der Waals surface area contributed by atoms with E-state index < -0.39 is 0 Å². The number of allylic oxidation sites excluding steroid dienone is 3. The van der Waals surface area contributed by atoms with E-state index in [4.69, 9.17) is 33.3 Å². The Kier molecular flexibility index (Phi) is 6.19. The van der Waals surface area contributed by atoms with Crippen molar-refractivity contribution >= 4 is 57.0 Å². The zero-order chi connectivity index (χ0) is 23.2. The zero-order valence-corrected chi connectivity index (χ0v) is 20.0. The molecule has 4 rings (SSSR count). The first kappa shape index (κ1) is 22.6. The molecule has 2 aromatic heterocycles. The number of fused-ring (bicyclic) bond motifs is 1. The van der Waals surface area contributed by atoms with Gasteiger partial charge < -0.3 is 20.8 Å². The average molecular weight is 497 g/mol. The number of carbonyl (C=O) groups excluding carboxylic acids is 1. The molecule has 1 amide bonds. The molecular weight excluding hydrogens is 475 g/mol. The van der Waals surface area contributed by atoms with Gasteiger partial charge >= 0.3 is 0 Å². The Hall–Kier alpha value is -2.56. The van der Waals surface area contributed by atoms with Gasteiger partial charge in [-0.05, 0) is 13.3 Å². The number of methoxy groups -OCH3 is 1. The molecule has 9 nitrogen and oxygen atoms in total. The van der Waals surface area contributed by atoms with Crippen LogP contribution in [0.15, 0.2) is 32.1 Å². The van der Waals surface area contributed by atoms with E-state index in [1.54, 1.807) is 11.7 Å². The van der Waals surface area contributed by atoms with Gasteiger partial charge in [0.2, 0.25) is 5.91 Å². The van der Waals surface area contributed by atoms with Crippen molar-refractivity contribution < 1.29 is 9.53 Å².